The van der Waals surface area contributed by atoms with Crippen LogP contribution < -0.4 is 10.1 Å². The van der Waals surface area contributed by atoms with Crippen LogP contribution in [0.3, 0.4) is 0 Å². The first-order valence-corrected chi connectivity index (χ1v) is 8.11. The lowest BCUT2D eigenvalue weighted by Crippen LogP contribution is -2.14. The Morgan fingerprint density at radius 1 is 1.35 bits per heavy atom. The van der Waals surface area contributed by atoms with E-state index in [4.69, 9.17) is 16.3 Å². The van der Waals surface area contributed by atoms with Gasteiger partial charge in [0.2, 0.25) is 0 Å². The Morgan fingerprint density at radius 3 is 2.90 bits per heavy atom. The van der Waals surface area contributed by atoms with Gasteiger partial charge in [-0.3, -0.25) is 0 Å². The molecule has 1 fully saturated rings. The van der Waals surface area contributed by atoms with E-state index >= 15 is 0 Å². The van der Waals surface area contributed by atoms with E-state index in [2.05, 4.69) is 18.3 Å². The molecule has 1 aromatic carbocycles. The van der Waals surface area contributed by atoms with Crippen LogP contribution in [0.1, 0.15) is 28.2 Å². The van der Waals surface area contributed by atoms with Crippen molar-refractivity contribution in [3.8, 4) is 5.75 Å². The number of nitrogens with one attached hydrogen (secondary N) is 1. The smallest absolute Gasteiger partial charge is 0.138 e. The van der Waals surface area contributed by atoms with Crippen LogP contribution in [0.5, 0.6) is 5.75 Å². The van der Waals surface area contributed by atoms with Crippen LogP contribution in [0.4, 0.5) is 0 Å². The van der Waals surface area contributed by atoms with Gasteiger partial charge in [-0.15, -0.1) is 11.3 Å². The predicted molar refractivity (Wildman–Crippen MR) is 84.7 cm³/mol. The molecule has 0 atom stereocenters. The summed E-state index contributed by atoms with van der Waals surface area (Å²) in [6, 6.07) is 10.6. The average molecular weight is 308 g/mol. The third kappa shape index (κ3) is 3.54. The van der Waals surface area contributed by atoms with Crippen molar-refractivity contribution in [2.24, 2.45) is 0 Å². The van der Waals surface area contributed by atoms with Gasteiger partial charge in [0, 0.05) is 27.9 Å². The molecular formula is C16H18ClNOS. The molecule has 4 heteroatoms. The van der Waals surface area contributed by atoms with Crippen LogP contribution >= 0.6 is 22.9 Å². The molecule has 1 heterocycles. The summed E-state index contributed by atoms with van der Waals surface area (Å²) in [4.78, 5) is 2.71. The van der Waals surface area contributed by atoms with E-state index in [1.54, 1.807) is 0 Å². The summed E-state index contributed by atoms with van der Waals surface area (Å²) >= 11 is 7.94. The van der Waals surface area contributed by atoms with Crippen molar-refractivity contribution >= 4 is 22.9 Å². The molecule has 1 aromatic heterocycles. The number of ether oxygens (including phenoxy) is 1. The molecule has 0 bridgehead atoms. The van der Waals surface area contributed by atoms with E-state index < -0.39 is 0 Å². The van der Waals surface area contributed by atoms with Crippen molar-refractivity contribution in [2.45, 2.75) is 39.0 Å². The van der Waals surface area contributed by atoms with Crippen LogP contribution in [-0.4, -0.2) is 6.04 Å². The number of thiophene rings is 1. The van der Waals surface area contributed by atoms with E-state index in [9.17, 15) is 0 Å². The zero-order valence-corrected chi connectivity index (χ0v) is 13.1. The molecular weight excluding hydrogens is 290 g/mol. The summed E-state index contributed by atoms with van der Waals surface area (Å²) in [5.41, 5.74) is 1.25. The molecule has 0 unspecified atom stereocenters. The molecule has 106 valence electrons. The SMILES string of the molecule is Cc1sc(CNC2CC2)cc1COc1ccccc1Cl. The fourth-order valence-corrected chi connectivity index (χ4v) is 3.26. The molecule has 1 aliphatic rings. The Kier molecular flexibility index (Phi) is 4.29. The number of benzene rings is 1. The lowest BCUT2D eigenvalue weighted by atomic mass is 10.2. The highest BCUT2D eigenvalue weighted by Crippen LogP contribution is 2.27. The van der Waals surface area contributed by atoms with Gasteiger partial charge in [0.1, 0.15) is 12.4 Å². The average Bonchev–Trinajstić information content (AvgIpc) is 3.20. The molecule has 0 aliphatic heterocycles. The highest BCUT2D eigenvalue weighted by atomic mass is 35.5. The normalized spacial score (nSPS) is 14.5. The Bertz CT molecular complexity index is 592. The van der Waals surface area contributed by atoms with Gasteiger partial charge in [0.25, 0.3) is 0 Å². The number of halogens is 1. The van der Waals surface area contributed by atoms with Gasteiger partial charge in [0.05, 0.1) is 5.02 Å². The lowest BCUT2D eigenvalue weighted by molar-refractivity contribution is 0.306. The van der Waals surface area contributed by atoms with Crippen LogP contribution in [0, 0.1) is 6.92 Å². The molecule has 1 aliphatic carbocycles. The molecule has 20 heavy (non-hydrogen) atoms. The highest BCUT2D eigenvalue weighted by Gasteiger charge is 2.20. The Morgan fingerprint density at radius 2 is 2.15 bits per heavy atom. The zero-order valence-electron chi connectivity index (χ0n) is 11.5. The zero-order chi connectivity index (χ0) is 13.9. The monoisotopic (exact) mass is 307 g/mol. The van der Waals surface area contributed by atoms with Gasteiger partial charge in [0.15, 0.2) is 0 Å². The van der Waals surface area contributed by atoms with Crippen LogP contribution in [0.15, 0.2) is 30.3 Å². The first kappa shape index (κ1) is 13.9. The van der Waals surface area contributed by atoms with E-state index in [1.807, 2.05) is 35.6 Å². The second-order valence-electron chi connectivity index (χ2n) is 5.17. The van der Waals surface area contributed by atoms with Gasteiger partial charge >= 0.3 is 0 Å². The molecule has 0 saturated heterocycles. The summed E-state index contributed by atoms with van der Waals surface area (Å²) in [6.07, 6.45) is 2.65. The number of para-hydroxylation sites is 1. The fraction of sp³-hybridized carbons (Fsp3) is 0.375. The van der Waals surface area contributed by atoms with Crippen LogP contribution in [-0.2, 0) is 13.2 Å². The Hall–Kier alpha value is -1.03. The van der Waals surface area contributed by atoms with Gasteiger partial charge in [-0.1, -0.05) is 23.7 Å². The molecule has 0 radical (unpaired) electrons. The van der Waals surface area contributed by atoms with Crippen molar-refractivity contribution in [2.75, 3.05) is 0 Å². The fourth-order valence-electron chi connectivity index (χ4n) is 2.07. The van der Waals surface area contributed by atoms with Gasteiger partial charge in [-0.25, -0.2) is 0 Å². The molecule has 1 N–H and O–H groups in total. The minimum atomic E-state index is 0.579. The minimum absolute atomic E-state index is 0.579. The standard InChI is InChI=1S/C16H18ClNOS/c1-11-12(8-14(20-11)9-18-13-6-7-13)10-19-16-5-3-2-4-15(16)17/h2-5,8,13,18H,6-7,9-10H2,1H3. The highest BCUT2D eigenvalue weighted by molar-refractivity contribution is 7.12. The number of aryl methyl sites for hydroxylation is 1. The number of hydrogen-bond donors (Lipinski definition) is 1. The second kappa shape index (κ2) is 6.17. The topological polar surface area (TPSA) is 21.3 Å². The van der Waals surface area contributed by atoms with Gasteiger partial charge in [-0.2, -0.15) is 0 Å². The molecule has 1 saturated carbocycles. The Balaban J connectivity index is 1.60. The van der Waals surface area contributed by atoms with Crippen LogP contribution in [0.25, 0.3) is 0 Å². The van der Waals surface area contributed by atoms with Crippen LogP contribution in [0.2, 0.25) is 5.02 Å². The second-order valence-corrected chi connectivity index (χ2v) is 6.92. The number of hydrogen-bond acceptors (Lipinski definition) is 3. The first-order valence-electron chi connectivity index (χ1n) is 6.91. The summed E-state index contributed by atoms with van der Waals surface area (Å²) in [7, 11) is 0. The summed E-state index contributed by atoms with van der Waals surface area (Å²) in [6.45, 7) is 3.70. The maximum atomic E-state index is 6.09. The van der Waals surface area contributed by atoms with E-state index in [0.29, 0.717) is 11.6 Å². The lowest BCUT2D eigenvalue weighted by Gasteiger charge is -2.07. The Labute approximate surface area is 128 Å². The summed E-state index contributed by atoms with van der Waals surface area (Å²) < 4.78 is 5.81. The van der Waals surface area contributed by atoms with Crippen molar-refractivity contribution in [1.29, 1.82) is 0 Å². The summed E-state index contributed by atoms with van der Waals surface area (Å²) in [5.74, 6) is 0.748. The third-order valence-corrected chi connectivity index (χ3v) is 4.84. The molecule has 2 nitrogen and oxygen atoms in total. The minimum Gasteiger partial charge on any atom is -0.487 e. The number of rotatable bonds is 6. The molecule has 0 spiro atoms. The summed E-state index contributed by atoms with van der Waals surface area (Å²) in [5, 5.41) is 4.21. The van der Waals surface area contributed by atoms with Crippen molar-refractivity contribution < 1.29 is 4.74 Å². The quantitative estimate of drug-likeness (QED) is 0.846. The van der Waals surface area contributed by atoms with E-state index in [-0.39, 0.29) is 0 Å². The first-order chi connectivity index (χ1) is 9.72. The van der Waals surface area contributed by atoms with Gasteiger partial charge in [-0.05, 0) is 38.0 Å². The molecule has 3 rings (SSSR count). The van der Waals surface area contributed by atoms with Crippen molar-refractivity contribution in [3.63, 3.8) is 0 Å². The maximum Gasteiger partial charge on any atom is 0.138 e. The van der Waals surface area contributed by atoms with Crippen molar-refractivity contribution in [3.05, 3.63) is 50.7 Å². The van der Waals surface area contributed by atoms with E-state index in [0.717, 1.165) is 18.3 Å². The maximum absolute atomic E-state index is 6.09. The van der Waals surface area contributed by atoms with Gasteiger partial charge < -0.3 is 10.1 Å². The predicted octanol–water partition coefficient (Wildman–Crippen LogP) is 4.54. The molecule has 0 amide bonds. The third-order valence-electron chi connectivity index (χ3n) is 3.43. The van der Waals surface area contributed by atoms with E-state index in [1.165, 1.54) is 28.2 Å². The largest absolute Gasteiger partial charge is 0.487 e. The van der Waals surface area contributed by atoms with Crippen molar-refractivity contribution in [1.82, 2.24) is 5.32 Å². The molecule has 2 aromatic rings.